The maximum atomic E-state index is 12.0. The molecule has 1 aromatic rings. The normalized spacial score (nSPS) is 10.7. The van der Waals surface area contributed by atoms with Gasteiger partial charge in [0.15, 0.2) is 0 Å². The molecule has 6 nitrogen and oxygen atoms in total. The maximum Gasteiger partial charge on any atom is 0.574 e. The van der Waals surface area contributed by atoms with E-state index in [-0.39, 0.29) is 0 Å². The molecule has 0 radical (unpaired) electrons. The second kappa shape index (κ2) is 4.17. The molecule has 0 atom stereocenters. The molecule has 17 heavy (non-hydrogen) atoms. The number of nitrogens with two attached hydrogens (primary N) is 1. The number of anilines is 1. The minimum Gasteiger partial charge on any atom is -0.478 e. The quantitative estimate of drug-likeness (QED) is 0.810. The Hall–Kier alpha value is -2.50. The summed E-state index contributed by atoms with van der Waals surface area (Å²) < 4.78 is 39.3. The van der Waals surface area contributed by atoms with E-state index in [1.807, 2.05) is 0 Å². The molecular formula is C8H4F3N3O3. The first-order valence-electron chi connectivity index (χ1n) is 3.94. The molecule has 1 rings (SSSR count). The van der Waals surface area contributed by atoms with Crippen molar-refractivity contribution in [3.63, 3.8) is 0 Å². The van der Waals surface area contributed by atoms with E-state index in [1.165, 1.54) is 6.07 Å². The minimum atomic E-state index is -5.10. The minimum absolute atomic E-state index is 0.499. The van der Waals surface area contributed by atoms with Crippen LogP contribution >= 0.6 is 0 Å². The molecule has 9 heteroatoms. The fourth-order valence-corrected chi connectivity index (χ4v) is 1.00. The predicted octanol–water partition coefficient (Wildman–Crippen LogP) is 1.13. The topological polar surface area (TPSA) is 109 Å². The standard InChI is InChI=1S/C8H4F3N3O3/c9-8(10,11)17-6-4(2-12)3(7(15)16)1-5(13)14-6/h1H,(H2,13,14)(H,15,16). The largest absolute Gasteiger partial charge is 0.574 e. The smallest absolute Gasteiger partial charge is 0.478 e. The van der Waals surface area contributed by atoms with Crippen LogP contribution in [0.3, 0.4) is 0 Å². The number of pyridine rings is 1. The number of halogens is 3. The van der Waals surface area contributed by atoms with Crippen LogP contribution < -0.4 is 10.5 Å². The van der Waals surface area contributed by atoms with E-state index in [0.29, 0.717) is 0 Å². The highest BCUT2D eigenvalue weighted by Crippen LogP contribution is 2.27. The Balaban J connectivity index is 3.40. The zero-order valence-electron chi connectivity index (χ0n) is 7.95. The number of nitrogen functional groups attached to an aromatic ring is 1. The maximum absolute atomic E-state index is 12.0. The molecule has 0 fully saturated rings. The van der Waals surface area contributed by atoms with Gasteiger partial charge in [0.25, 0.3) is 0 Å². The van der Waals surface area contributed by atoms with Gasteiger partial charge in [-0.25, -0.2) is 4.79 Å². The molecule has 90 valence electrons. The van der Waals surface area contributed by atoms with E-state index < -0.39 is 35.2 Å². The van der Waals surface area contributed by atoms with Crippen LogP contribution in [0.1, 0.15) is 15.9 Å². The van der Waals surface area contributed by atoms with Gasteiger partial charge in [0.2, 0.25) is 5.88 Å². The lowest BCUT2D eigenvalue weighted by molar-refractivity contribution is -0.276. The number of nitrogens with zero attached hydrogens (tertiary/aromatic N) is 2. The van der Waals surface area contributed by atoms with Gasteiger partial charge in [-0.3, -0.25) is 0 Å². The number of nitriles is 1. The van der Waals surface area contributed by atoms with Crippen molar-refractivity contribution in [2.24, 2.45) is 0 Å². The van der Waals surface area contributed by atoms with E-state index in [4.69, 9.17) is 16.1 Å². The van der Waals surface area contributed by atoms with Gasteiger partial charge in [-0.05, 0) is 6.07 Å². The number of ether oxygens (including phenoxy) is 1. The fourth-order valence-electron chi connectivity index (χ4n) is 1.00. The van der Waals surface area contributed by atoms with E-state index >= 15 is 0 Å². The Labute approximate surface area is 92.0 Å². The van der Waals surface area contributed by atoms with Gasteiger partial charge in [-0.15, -0.1) is 13.2 Å². The molecule has 1 heterocycles. The van der Waals surface area contributed by atoms with Crippen LogP contribution in [-0.2, 0) is 0 Å². The molecule has 0 bridgehead atoms. The van der Waals surface area contributed by atoms with Crippen molar-refractivity contribution in [1.29, 1.82) is 5.26 Å². The molecule has 0 aliphatic heterocycles. The summed E-state index contributed by atoms with van der Waals surface area (Å²) in [6, 6.07) is 2.04. The number of rotatable bonds is 2. The van der Waals surface area contributed by atoms with Crippen molar-refractivity contribution < 1.29 is 27.8 Å². The molecule has 3 N–H and O–H groups in total. The molecule has 0 saturated carbocycles. The number of aromatic carboxylic acids is 1. The Bertz CT molecular complexity index is 507. The van der Waals surface area contributed by atoms with E-state index in [1.54, 1.807) is 0 Å². The van der Waals surface area contributed by atoms with Crippen LogP contribution in [0.5, 0.6) is 5.88 Å². The molecule has 1 aromatic heterocycles. The van der Waals surface area contributed by atoms with E-state index in [9.17, 15) is 18.0 Å². The second-order valence-electron chi connectivity index (χ2n) is 2.74. The summed E-state index contributed by atoms with van der Waals surface area (Å²) in [4.78, 5) is 13.8. The lowest BCUT2D eigenvalue weighted by atomic mass is 10.1. The average Bonchev–Trinajstić information content (AvgIpc) is 2.14. The summed E-state index contributed by atoms with van der Waals surface area (Å²) >= 11 is 0. The van der Waals surface area contributed by atoms with Gasteiger partial charge in [-0.2, -0.15) is 10.2 Å². The Kier molecular flexibility index (Phi) is 3.08. The molecule has 0 spiro atoms. The predicted molar refractivity (Wildman–Crippen MR) is 47.0 cm³/mol. The zero-order chi connectivity index (χ0) is 13.2. The summed E-state index contributed by atoms with van der Waals surface area (Å²) in [6.45, 7) is 0. The number of carboxylic acids is 1. The summed E-state index contributed by atoms with van der Waals surface area (Å²) in [5.41, 5.74) is 3.56. The Morgan fingerprint density at radius 1 is 1.59 bits per heavy atom. The Morgan fingerprint density at radius 2 is 2.18 bits per heavy atom. The highest BCUT2D eigenvalue weighted by molar-refractivity contribution is 5.92. The number of hydrogen-bond acceptors (Lipinski definition) is 5. The molecule has 0 aliphatic carbocycles. The second-order valence-corrected chi connectivity index (χ2v) is 2.74. The van der Waals surface area contributed by atoms with Crippen LogP contribution in [0, 0.1) is 11.3 Å². The molecule has 0 aromatic carbocycles. The van der Waals surface area contributed by atoms with Crippen molar-refractivity contribution >= 4 is 11.8 Å². The van der Waals surface area contributed by atoms with Crippen molar-refractivity contribution in [3.8, 4) is 11.9 Å². The number of alkyl halides is 3. The van der Waals surface area contributed by atoms with Gasteiger partial charge in [-0.1, -0.05) is 0 Å². The van der Waals surface area contributed by atoms with Crippen molar-refractivity contribution in [2.75, 3.05) is 5.73 Å². The van der Waals surface area contributed by atoms with Crippen LogP contribution in [0.2, 0.25) is 0 Å². The number of carbonyl (C=O) groups is 1. The van der Waals surface area contributed by atoms with E-state index in [2.05, 4.69) is 9.72 Å². The lowest BCUT2D eigenvalue weighted by Gasteiger charge is -2.10. The first kappa shape index (κ1) is 12.6. The molecule has 0 unspecified atom stereocenters. The third-order valence-corrected chi connectivity index (χ3v) is 1.56. The summed E-state index contributed by atoms with van der Waals surface area (Å²) in [5.74, 6) is -3.29. The average molecular weight is 247 g/mol. The lowest BCUT2D eigenvalue weighted by Crippen LogP contribution is -2.20. The molecular weight excluding hydrogens is 243 g/mol. The van der Waals surface area contributed by atoms with E-state index in [0.717, 1.165) is 6.07 Å². The summed E-state index contributed by atoms with van der Waals surface area (Å²) in [6.07, 6.45) is -5.10. The van der Waals surface area contributed by atoms with Gasteiger partial charge in [0.1, 0.15) is 17.5 Å². The SMILES string of the molecule is N#Cc1c(C(=O)O)cc(N)nc1OC(F)(F)F. The number of hydrogen-bond donors (Lipinski definition) is 2. The molecule has 0 amide bonds. The number of aromatic nitrogens is 1. The van der Waals surface area contributed by atoms with Crippen molar-refractivity contribution in [2.45, 2.75) is 6.36 Å². The van der Waals surface area contributed by atoms with Crippen molar-refractivity contribution in [1.82, 2.24) is 4.98 Å². The van der Waals surface area contributed by atoms with Crippen LogP contribution in [-0.4, -0.2) is 22.4 Å². The van der Waals surface area contributed by atoms with Gasteiger partial charge in [0.05, 0.1) is 5.56 Å². The summed E-state index contributed by atoms with van der Waals surface area (Å²) in [7, 11) is 0. The fraction of sp³-hybridized carbons (Fsp3) is 0.125. The van der Waals surface area contributed by atoms with Crippen LogP contribution in [0.4, 0.5) is 19.0 Å². The number of carboxylic acid groups (broad SMARTS) is 1. The highest BCUT2D eigenvalue weighted by Gasteiger charge is 2.34. The first-order chi connectivity index (χ1) is 7.74. The highest BCUT2D eigenvalue weighted by atomic mass is 19.4. The Morgan fingerprint density at radius 3 is 2.59 bits per heavy atom. The van der Waals surface area contributed by atoms with Crippen LogP contribution in [0.15, 0.2) is 6.07 Å². The molecule has 0 aliphatic rings. The van der Waals surface area contributed by atoms with Gasteiger partial charge >= 0.3 is 12.3 Å². The third kappa shape index (κ3) is 2.97. The first-order valence-corrected chi connectivity index (χ1v) is 3.94. The summed E-state index contributed by atoms with van der Waals surface area (Å²) in [5, 5.41) is 17.3. The molecule has 0 saturated heterocycles. The van der Waals surface area contributed by atoms with Gasteiger partial charge in [0, 0.05) is 0 Å². The van der Waals surface area contributed by atoms with Gasteiger partial charge < -0.3 is 15.6 Å². The van der Waals surface area contributed by atoms with Crippen LogP contribution in [0.25, 0.3) is 0 Å². The zero-order valence-corrected chi connectivity index (χ0v) is 7.95. The van der Waals surface area contributed by atoms with Crippen molar-refractivity contribution in [3.05, 3.63) is 17.2 Å². The third-order valence-electron chi connectivity index (χ3n) is 1.56. The monoisotopic (exact) mass is 247 g/mol.